The smallest absolute Gasteiger partial charge is 0.232 e. The van der Waals surface area contributed by atoms with E-state index in [1.165, 1.54) is 64.2 Å². The first-order chi connectivity index (χ1) is 26.6. The van der Waals surface area contributed by atoms with Gasteiger partial charge in [0.1, 0.15) is 0 Å². The highest BCUT2D eigenvalue weighted by molar-refractivity contribution is 5.48. The van der Waals surface area contributed by atoms with Gasteiger partial charge in [0, 0.05) is 60.4 Å². The Morgan fingerprint density at radius 1 is 0.571 bits per heavy atom. The number of hydrogen-bond donors (Lipinski definition) is 0. The largest absolute Gasteiger partial charge is 0.378 e. The van der Waals surface area contributed by atoms with Crippen molar-refractivity contribution in [2.24, 2.45) is 0 Å². The maximum atomic E-state index is 6.95. The van der Waals surface area contributed by atoms with E-state index in [-0.39, 0.29) is 34.2 Å². The number of ether oxygens (including phenoxy) is 1. The first-order valence-electron chi connectivity index (χ1n) is 23.2. The number of anilines is 3. The second-order valence-corrected chi connectivity index (χ2v) is 20.6. The Bertz CT molecular complexity index is 1240. The Morgan fingerprint density at radius 2 is 0.946 bits per heavy atom. The Hall–Kier alpha value is -1.79. The molecule has 1 aromatic heterocycles. The zero-order chi connectivity index (χ0) is 40.1. The van der Waals surface area contributed by atoms with Gasteiger partial charge in [0.05, 0.1) is 25.4 Å². The van der Waals surface area contributed by atoms with Crippen molar-refractivity contribution in [1.29, 1.82) is 0 Å². The molecule has 56 heavy (non-hydrogen) atoms. The molecule has 0 amide bonds. The number of piperidine rings is 2. The summed E-state index contributed by atoms with van der Waals surface area (Å²) in [5.74, 6) is 2.46. The Labute approximate surface area is 341 Å². The SMILES string of the molecule is CCCCN(c1nc(N2CCOCC2)nc(N(CCCC)C2CC(C)(C)N(OC3CCCCC3)C(C)(C)C2)n1)C1CC(C)(C)N(OC2CCCCC2)C(C)(C)C1. The fourth-order valence-corrected chi connectivity index (χ4v) is 11.1. The summed E-state index contributed by atoms with van der Waals surface area (Å²) in [5, 5.41) is 4.78. The monoisotopic (exact) mass is 783 g/mol. The van der Waals surface area contributed by atoms with E-state index in [2.05, 4.69) is 94.1 Å². The van der Waals surface area contributed by atoms with Crippen molar-refractivity contribution < 1.29 is 14.4 Å². The third kappa shape index (κ3) is 10.5. The van der Waals surface area contributed by atoms with E-state index in [1.54, 1.807) is 0 Å². The number of hydrogen-bond acceptors (Lipinski definition) is 11. The van der Waals surface area contributed by atoms with Gasteiger partial charge in [-0.15, -0.1) is 0 Å². The normalized spacial score (nSPS) is 25.7. The summed E-state index contributed by atoms with van der Waals surface area (Å²) < 4.78 is 5.83. The van der Waals surface area contributed by atoms with E-state index in [0.29, 0.717) is 25.4 Å². The zero-order valence-electron chi connectivity index (χ0n) is 37.6. The van der Waals surface area contributed by atoms with Crippen LogP contribution in [0.25, 0.3) is 0 Å². The van der Waals surface area contributed by atoms with Crippen LogP contribution in [-0.2, 0) is 14.4 Å². The van der Waals surface area contributed by atoms with Crippen molar-refractivity contribution in [3.05, 3.63) is 0 Å². The molecule has 2 aliphatic carbocycles. The molecule has 1 aromatic rings. The van der Waals surface area contributed by atoms with Crippen molar-refractivity contribution in [2.75, 3.05) is 54.1 Å². The number of unbranched alkanes of at least 4 members (excludes halogenated alkanes) is 2. The lowest BCUT2D eigenvalue weighted by Crippen LogP contribution is -2.65. The topological polar surface area (TPSA) is 82.6 Å². The minimum Gasteiger partial charge on any atom is -0.378 e. The minimum absolute atomic E-state index is 0.144. The molecule has 320 valence electrons. The second-order valence-electron chi connectivity index (χ2n) is 20.6. The molecule has 3 saturated heterocycles. The van der Waals surface area contributed by atoms with Gasteiger partial charge in [0.25, 0.3) is 0 Å². The van der Waals surface area contributed by atoms with Crippen LogP contribution in [0.3, 0.4) is 0 Å². The molecule has 6 rings (SSSR count). The number of hydroxylamine groups is 4. The molecule has 4 heterocycles. The Kier molecular flexibility index (Phi) is 14.6. The molecule has 0 atom stereocenters. The van der Waals surface area contributed by atoms with Crippen LogP contribution in [0, 0.1) is 0 Å². The van der Waals surface area contributed by atoms with E-state index in [1.807, 2.05) is 0 Å². The van der Waals surface area contributed by atoms with E-state index >= 15 is 0 Å². The van der Waals surface area contributed by atoms with Crippen molar-refractivity contribution in [3.63, 3.8) is 0 Å². The lowest BCUT2D eigenvalue weighted by Gasteiger charge is -2.57. The van der Waals surface area contributed by atoms with Crippen LogP contribution in [0.5, 0.6) is 0 Å². The molecule has 3 aliphatic heterocycles. The molecule has 11 nitrogen and oxygen atoms in total. The van der Waals surface area contributed by atoms with E-state index in [9.17, 15) is 0 Å². The summed E-state index contributed by atoms with van der Waals surface area (Å²) in [7, 11) is 0. The predicted octanol–water partition coefficient (Wildman–Crippen LogP) is 9.49. The highest BCUT2D eigenvalue weighted by atomic mass is 16.7. The van der Waals surface area contributed by atoms with Crippen LogP contribution in [0.15, 0.2) is 0 Å². The summed E-state index contributed by atoms with van der Waals surface area (Å²) in [6.07, 6.45) is 21.5. The van der Waals surface area contributed by atoms with Crippen LogP contribution >= 0.6 is 0 Å². The average Bonchev–Trinajstić information content (AvgIpc) is 3.15. The number of rotatable bonds is 15. The molecular formula is C45H82N8O3. The van der Waals surface area contributed by atoms with Gasteiger partial charge < -0.3 is 19.4 Å². The molecule has 0 unspecified atom stereocenters. The van der Waals surface area contributed by atoms with E-state index in [4.69, 9.17) is 29.4 Å². The minimum atomic E-state index is -0.144. The maximum absolute atomic E-state index is 6.95. The summed E-state index contributed by atoms with van der Waals surface area (Å²) in [4.78, 5) is 37.8. The number of aromatic nitrogens is 3. The van der Waals surface area contributed by atoms with Crippen molar-refractivity contribution in [1.82, 2.24) is 25.1 Å². The van der Waals surface area contributed by atoms with Crippen LogP contribution in [0.4, 0.5) is 17.8 Å². The van der Waals surface area contributed by atoms with Gasteiger partial charge >= 0.3 is 0 Å². The van der Waals surface area contributed by atoms with Gasteiger partial charge in [0.2, 0.25) is 17.8 Å². The molecule has 0 N–H and O–H groups in total. The van der Waals surface area contributed by atoms with Crippen molar-refractivity contribution >= 4 is 17.8 Å². The van der Waals surface area contributed by atoms with Gasteiger partial charge in [-0.2, -0.15) is 25.1 Å². The average molecular weight is 783 g/mol. The summed E-state index contributed by atoms with van der Waals surface area (Å²) in [5.41, 5.74) is -0.575. The van der Waals surface area contributed by atoms with E-state index in [0.717, 1.165) is 95.4 Å². The van der Waals surface area contributed by atoms with Gasteiger partial charge in [-0.3, -0.25) is 9.68 Å². The van der Waals surface area contributed by atoms with Crippen molar-refractivity contribution in [3.8, 4) is 0 Å². The Morgan fingerprint density at radius 3 is 1.30 bits per heavy atom. The van der Waals surface area contributed by atoms with E-state index < -0.39 is 0 Å². The maximum Gasteiger partial charge on any atom is 0.232 e. The molecule has 5 fully saturated rings. The van der Waals surface area contributed by atoms with Crippen LogP contribution in [-0.4, -0.2) is 111 Å². The van der Waals surface area contributed by atoms with Gasteiger partial charge in [0.15, 0.2) is 0 Å². The molecule has 0 bridgehead atoms. The van der Waals surface area contributed by atoms with Crippen LogP contribution in [0.2, 0.25) is 0 Å². The molecule has 0 radical (unpaired) electrons. The van der Waals surface area contributed by atoms with Crippen LogP contribution < -0.4 is 14.7 Å². The molecule has 0 spiro atoms. The summed E-state index contributed by atoms with van der Waals surface area (Å²) >= 11 is 0. The first-order valence-corrected chi connectivity index (χ1v) is 23.2. The van der Waals surface area contributed by atoms with Crippen LogP contribution in [0.1, 0.15) is 185 Å². The van der Waals surface area contributed by atoms with Crippen molar-refractivity contribution in [2.45, 2.75) is 231 Å². The molecular weight excluding hydrogens is 701 g/mol. The zero-order valence-corrected chi connectivity index (χ0v) is 37.6. The number of morpholine rings is 1. The predicted molar refractivity (Wildman–Crippen MR) is 229 cm³/mol. The first kappa shape index (κ1) is 43.8. The van der Waals surface area contributed by atoms with Gasteiger partial charge in [-0.1, -0.05) is 65.2 Å². The Balaban J connectivity index is 1.35. The summed E-state index contributed by atoms with van der Waals surface area (Å²) in [6, 6.07) is 0.542. The fraction of sp³-hybridized carbons (Fsp3) is 0.933. The third-order valence-electron chi connectivity index (χ3n) is 13.5. The summed E-state index contributed by atoms with van der Waals surface area (Å²) in [6.45, 7) is 28.5. The van der Waals surface area contributed by atoms with Gasteiger partial charge in [-0.25, -0.2) is 0 Å². The second kappa shape index (κ2) is 18.6. The lowest BCUT2D eigenvalue weighted by molar-refractivity contribution is -0.310. The standard InChI is InChI=1S/C45H82N8O3/c1-11-13-25-50(35-31-42(3,4)52(43(5,6)32-35)55-37-21-17-15-18-22-37)40-46-39(49-27-29-54-30-28-49)47-41(48-40)51(26-14-12-2)36-33-44(7,8)53(45(9,10)34-36)56-38-23-19-16-20-24-38/h35-38H,11-34H2,1-10H3. The third-order valence-corrected chi connectivity index (χ3v) is 13.5. The highest BCUT2D eigenvalue weighted by Gasteiger charge is 2.51. The highest BCUT2D eigenvalue weighted by Crippen LogP contribution is 2.45. The molecule has 0 aromatic carbocycles. The quantitative estimate of drug-likeness (QED) is 0.171. The molecule has 2 saturated carbocycles. The lowest BCUT2D eigenvalue weighted by atomic mass is 9.78. The number of nitrogens with zero attached hydrogens (tertiary/aromatic N) is 8. The molecule has 11 heteroatoms. The van der Waals surface area contributed by atoms with Gasteiger partial charge in [-0.05, 0) is 120 Å². The molecule has 5 aliphatic rings. The fourth-order valence-electron chi connectivity index (χ4n) is 11.1.